The molecular formula is C30H25ClN4O5. The minimum Gasteiger partial charge on any atom is -0.466 e. The van der Waals surface area contributed by atoms with Crippen molar-refractivity contribution in [1.29, 1.82) is 5.26 Å². The molecule has 3 aromatic rings. The topological polar surface area (TPSA) is 135 Å². The van der Waals surface area contributed by atoms with E-state index >= 15 is 0 Å². The molecule has 1 aliphatic rings. The highest BCUT2D eigenvalue weighted by Crippen LogP contribution is 2.43. The van der Waals surface area contributed by atoms with E-state index in [-0.39, 0.29) is 33.9 Å². The lowest BCUT2D eigenvalue weighted by atomic mass is 9.81. The molecule has 0 saturated carbocycles. The number of nitrogens with one attached hydrogen (secondary N) is 1. The summed E-state index contributed by atoms with van der Waals surface area (Å²) in [4.78, 5) is 40.9. The Kier molecular flexibility index (Phi) is 8.22. The van der Waals surface area contributed by atoms with Gasteiger partial charge in [0.25, 0.3) is 5.91 Å². The zero-order chi connectivity index (χ0) is 29.0. The second-order valence-corrected chi connectivity index (χ2v) is 9.24. The Morgan fingerprint density at radius 3 is 2.33 bits per heavy atom. The van der Waals surface area contributed by atoms with E-state index in [1.54, 1.807) is 66.7 Å². The van der Waals surface area contributed by atoms with Gasteiger partial charge in [-0.25, -0.2) is 9.59 Å². The molecule has 0 fully saturated rings. The fourth-order valence-electron chi connectivity index (χ4n) is 4.49. The number of amides is 1. The van der Waals surface area contributed by atoms with Crippen LogP contribution in [0, 0.1) is 18.3 Å². The summed E-state index contributed by atoms with van der Waals surface area (Å²) in [5.41, 5.74) is 8.54. The number of allylic oxidation sites excluding steroid dienone is 1. The average Bonchev–Trinajstić information content (AvgIpc) is 2.97. The highest BCUT2D eigenvalue weighted by molar-refractivity contribution is 6.31. The number of hydrogen-bond donors (Lipinski definition) is 2. The summed E-state index contributed by atoms with van der Waals surface area (Å²) < 4.78 is 10.1. The first-order valence-electron chi connectivity index (χ1n) is 12.0. The Hall–Kier alpha value is -5.07. The third kappa shape index (κ3) is 5.25. The van der Waals surface area contributed by atoms with Crippen LogP contribution in [0.15, 0.2) is 95.5 Å². The van der Waals surface area contributed by atoms with E-state index in [2.05, 4.69) is 11.4 Å². The van der Waals surface area contributed by atoms with E-state index in [1.165, 1.54) is 18.1 Å². The average molecular weight is 557 g/mol. The number of carbonyl (C=O) groups excluding carboxylic acids is 3. The first-order chi connectivity index (χ1) is 19.2. The number of halogens is 1. The molecule has 1 aliphatic heterocycles. The summed E-state index contributed by atoms with van der Waals surface area (Å²) in [6, 6.07) is 22.1. The van der Waals surface area contributed by atoms with Crippen molar-refractivity contribution >= 4 is 40.8 Å². The number of methoxy groups -OCH3 is 2. The van der Waals surface area contributed by atoms with E-state index in [1.807, 2.05) is 6.92 Å². The molecule has 0 radical (unpaired) electrons. The van der Waals surface area contributed by atoms with Gasteiger partial charge in [0.15, 0.2) is 0 Å². The summed E-state index contributed by atoms with van der Waals surface area (Å²) in [6.45, 7) is 1.83. The van der Waals surface area contributed by atoms with Gasteiger partial charge in [-0.2, -0.15) is 5.26 Å². The molecule has 3 aromatic carbocycles. The summed E-state index contributed by atoms with van der Waals surface area (Å²) in [5, 5.41) is 13.5. The number of anilines is 2. The first-order valence-corrected chi connectivity index (χ1v) is 12.4. The maximum Gasteiger partial charge on any atom is 0.355 e. The summed E-state index contributed by atoms with van der Waals surface area (Å²) in [7, 11) is 2.34. The van der Waals surface area contributed by atoms with Gasteiger partial charge in [-0.15, -0.1) is 0 Å². The highest BCUT2D eigenvalue weighted by Gasteiger charge is 2.43. The Morgan fingerprint density at radius 1 is 0.975 bits per heavy atom. The number of benzene rings is 3. The van der Waals surface area contributed by atoms with Gasteiger partial charge >= 0.3 is 11.9 Å². The molecule has 4 rings (SSSR count). The fourth-order valence-corrected chi connectivity index (χ4v) is 4.66. The Balaban J connectivity index is 1.90. The zero-order valence-electron chi connectivity index (χ0n) is 21.9. The smallest absolute Gasteiger partial charge is 0.355 e. The number of rotatable bonds is 6. The van der Waals surface area contributed by atoms with Crippen molar-refractivity contribution in [1.82, 2.24) is 0 Å². The highest BCUT2D eigenvalue weighted by atomic mass is 35.5. The molecular weight excluding hydrogens is 532 g/mol. The maximum atomic E-state index is 13.2. The fraction of sp³-hybridized carbons (Fsp3) is 0.133. The van der Waals surface area contributed by atoms with Gasteiger partial charge in [0.05, 0.1) is 37.4 Å². The van der Waals surface area contributed by atoms with Crippen LogP contribution in [0.25, 0.3) is 0 Å². The number of hydrogen-bond acceptors (Lipinski definition) is 8. The zero-order valence-corrected chi connectivity index (χ0v) is 22.7. The molecule has 202 valence electrons. The molecule has 0 aromatic heterocycles. The number of nitriles is 1. The molecule has 10 heteroatoms. The van der Waals surface area contributed by atoms with Crippen LogP contribution in [0.4, 0.5) is 11.4 Å². The van der Waals surface area contributed by atoms with Gasteiger partial charge in [0.1, 0.15) is 11.5 Å². The third-order valence-corrected chi connectivity index (χ3v) is 6.66. The number of ether oxygens (including phenoxy) is 2. The summed E-state index contributed by atoms with van der Waals surface area (Å²) in [5.74, 6) is -3.28. The second-order valence-electron chi connectivity index (χ2n) is 8.80. The van der Waals surface area contributed by atoms with Gasteiger partial charge in [-0.1, -0.05) is 54.1 Å². The van der Waals surface area contributed by atoms with Crippen molar-refractivity contribution in [2.75, 3.05) is 24.4 Å². The Bertz CT molecular complexity index is 1610. The van der Waals surface area contributed by atoms with Crippen LogP contribution >= 0.6 is 11.6 Å². The van der Waals surface area contributed by atoms with Gasteiger partial charge < -0.3 is 20.5 Å². The van der Waals surface area contributed by atoms with Crippen LogP contribution in [-0.2, 0) is 19.1 Å². The monoisotopic (exact) mass is 556 g/mol. The van der Waals surface area contributed by atoms with Crippen LogP contribution < -0.4 is 16.0 Å². The maximum absolute atomic E-state index is 13.2. The van der Waals surface area contributed by atoms with Crippen molar-refractivity contribution in [3.8, 4) is 6.07 Å². The number of nitrogens with two attached hydrogens (primary N) is 1. The summed E-state index contributed by atoms with van der Waals surface area (Å²) in [6.07, 6.45) is 0. The molecule has 1 heterocycles. The molecule has 1 unspecified atom stereocenters. The van der Waals surface area contributed by atoms with Crippen molar-refractivity contribution < 1.29 is 23.9 Å². The molecule has 9 nitrogen and oxygen atoms in total. The Labute approximate surface area is 236 Å². The lowest BCUT2D eigenvalue weighted by Gasteiger charge is -2.36. The molecule has 0 bridgehead atoms. The molecule has 0 aliphatic carbocycles. The molecule has 0 saturated heterocycles. The van der Waals surface area contributed by atoms with Gasteiger partial charge in [-0.3, -0.25) is 9.69 Å². The molecule has 1 amide bonds. The second kappa shape index (κ2) is 11.8. The van der Waals surface area contributed by atoms with Crippen molar-refractivity contribution in [3.05, 3.63) is 117 Å². The standard InChI is InChI=1S/C30H25ClN4O5/c1-17-12-13-20(31)15-23(17)34-28(36)19-10-7-11-21(14-19)35-26(30(38)40-3)25(29(37)39-2)24(22(16-32)27(35)33)18-8-5-4-6-9-18/h4-15,24H,33H2,1-3H3,(H,34,36). The van der Waals surface area contributed by atoms with E-state index in [9.17, 15) is 19.6 Å². The number of aryl methyl sites for hydroxylation is 1. The van der Waals surface area contributed by atoms with Crippen LogP contribution in [0.3, 0.4) is 0 Å². The normalized spacial score (nSPS) is 14.9. The first kappa shape index (κ1) is 28.0. The van der Waals surface area contributed by atoms with Crippen LogP contribution in [0.1, 0.15) is 27.4 Å². The van der Waals surface area contributed by atoms with E-state index in [0.717, 1.165) is 12.7 Å². The van der Waals surface area contributed by atoms with Crippen molar-refractivity contribution in [3.63, 3.8) is 0 Å². The van der Waals surface area contributed by atoms with Crippen molar-refractivity contribution in [2.45, 2.75) is 12.8 Å². The van der Waals surface area contributed by atoms with Gasteiger partial charge in [-0.05, 0) is 48.4 Å². The lowest BCUT2D eigenvalue weighted by Crippen LogP contribution is -2.40. The summed E-state index contributed by atoms with van der Waals surface area (Å²) >= 11 is 6.09. The number of nitrogens with zero attached hydrogens (tertiary/aromatic N) is 2. The van der Waals surface area contributed by atoms with Crippen LogP contribution in [-0.4, -0.2) is 32.1 Å². The molecule has 3 N–H and O–H groups in total. The number of esters is 2. The molecule has 1 atom stereocenters. The Morgan fingerprint density at radius 2 is 1.68 bits per heavy atom. The quantitative estimate of drug-likeness (QED) is 0.413. The molecule has 0 spiro atoms. The predicted molar refractivity (Wildman–Crippen MR) is 150 cm³/mol. The SMILES string of the molecule is COC(=O)C1=C(C(=O)OC)N(c2cccc(C(=O)Nc3cc(Cl)ccc3C)c2)C(N)=C(C#N)C1c1ccccc1. The third-order valence-electron chi connectivity index (χ3n) is 6.42. The van der Waals surface area contributed by atoms with Crippen LogP contribution in [0.2, 0.25) is 5.02 Å². The lowest BCUT2D eigenvalue weighted by molar-refractivity contribution is -0.139. The largest absolute Gasteiger partial charge is 0.466 e. The molecule has 40 heavy (non-hydrogen) atoms. The minimum absolute atomic E-state index is 0.0173. The van der Waals surface area contributed by atoms with Crippen molar-refractivity contribution in [2.24, 2.45) is 5.73 Å². The number of carbonyl (C=O) groups is 3. The van der Waals surface area contributed by atoms with E-state index in [0.29, 0.717) is 16.3 Å². The van der Waals surface area contributed by atoms with Gasteiger partial charge in [0, 0.05) is 22.0 Å². The predicted octanol–water partition coefficient (Wildman–Crippen LogP) is 4.80. The minimum atomic E-state index is -0.999. The van der Waals surface area contributed by atoms with E-state index < -0.39 is 23.8 Å². The van der Waals surface area contributed by atoms with Gasteiger partial charge in [0.2, 0.25) is 0 Å². The van der Waals surface area contributed by atoms with E-state index in [4.69, 9.17) is 26.8 Å². The van der Waals surface area contributed by atoms with Crippen LogP contribution in [0.5, 0.6) is 0 Å².